The van der Waals surface area contributed by atoms with E-state index in [1.807, 2.05) is 40.8 Å². The quantitative estimate of drug-likeness (QED) is 0.459. The Bertz CT molecular complexity index is 549. The molecule has 0 saturated carbocycles. The van der Waals surface area contributed by atoms with Gasteiger partial charge in [-0.3, -0.25) is 0 Å². The molecule has 0 fully saturated rings. The van der Waals surface area contributed by atoms with Gasteiger partial charge in [-0.1, -0.05) is 37.8 Å². The zero-order valence-corrected chi connectivity index (χ0v) is 13.1. The van der Waals surface area contributed by atoms with E-state index in [4.69, 9.17) is 0 Å². The summed E-state index contributed by atoms with van der Waals surface area (Å²) in [5.41, 5.74) is 0.946. The largest absolute Gasteiger partial charge is 0.538 e. The summed E-state index contributed by atoms with van der Waals surface area (Å²) in [7, 11) is -1.48. The average Bonchev–Trinajstić information content (AvgIpc) is 2.59. The smallest absolute Gasteiger partial charge is 0.298 e. The van der Waals surface area contributed by atoms with Gasteiger partial charge in [-0.25, -0.2) is 0 Å². The lowest BCUT2D eigenvalue weighted by Crippen LogP contribution is -2.49. The normalized spacial score (nSPS) is 11.8. The Morgan fingerprint density at radius 3 is 2.47 bits per heavy atom. The second-order valence-corrected chi connectivity index (χ2v) is 10.9. The minimum Gasteiger partial charge on any atom is -0.538 e. The molecule has 1 heterocycles. The summed E-state index contributed by atoms with van der Waals surface area (Å²) in [6.07, 6.45) is 0. The lowest BCUT2D eigenvalue weighted by atomic mass is 10.3. The van der Waals surface area contributed by atoms with Crippen molar-refractivity contribution in [2.24, 2.45) is 0 Å². The molecule has 0 saturated heterocycles. The summed E-state index contributed by atoms with van der Waals surface area (Å²) in [6.45, 7) is 6.78. The molecule has 6 heteroatoms. The summed E-state index contributed by atoms with van der Waals surface area (Å²) in [6, 6.07) is 8.03. The summed E-state index contributed by atoms with van der Waals surface area (Å²) < 4.78 is 6.74. The Balaban J connectivity index is 2.64. The third-order valence-corrected chi connectivity index (χ3v) is 5.44. The summed E-state index contributed by atoms with van der Waals surface area (Å²) in [4.78, 5) is 0. The Morgan fingerprint density at radius 1 is 1.29 bits per heavy atom. The highest BCUT2D eigenvalue weighted by molar-refractivity contribution is 14.1. The van der Waals surface area contributed by atoms with E-state index in [0.717, 1.165) is 5.69 Å². The van der Waals surface area contributed by atoms with Gasteiger partial charge in [0.05, 0.1) is 13.3 Å². The van der Waals surface area contributed by atoms with Crippen molar-refractivity contribution in [1.29, 1.82) is 0 Å². The van der Waals surface area contributed by atoms with Crippen LogP contribution < -0.4 is 15.0 Å². The third-order valence-electron chi connectivity index (χ3n) is 2.50. The van der Waals surface area contributed by atoms with E-state index in [9.17, 15) is 5.11 Å². The van der Waals surface area contributed by atoms with E-state index >= 15 is 0 Å². The van der Waals surface area contributed by atoms with E-state index in [2.05, 4.69) is 35.5 Å². The average molecular weight is 360 g/mol. The van der Waals surface area contributed by atoms with Crippen molar-refractivity contribution in [2.45, 2.75) is 19.6 Å². The molecular formula is C11H13IN2O2Si. The number of hydrogen-bond donors (Lipinski definition) is 0. The highest BCUT2D eigenvalue weighted by atomic mass is 127. The van der Waals surface area contributed by atoms with Crippen LogP contribution in [0.1, 0.15) is 0 Å². The van der Waals surface area contributed by atoms with Crippen LogP contribution in [0, 0.1) is 3.70 Å². The Hall–Kier alpha value is -0.893. The molecule has 0 bridgehead atoms. The van der Waals surface area contributed by atoms with Crippen molar-refractivity contribution in [3.8, 4) is 11.6 Å². The van der Waals surface area contributed by atoms with E-state index in [1.54, 1.807) is 4.68 Å². The van der Waals surface area contributed by atoms with E-state index in [1.165, 1.54) is 5.19 Å². The van der Waals surface area contributed by atoms with Gasteiger partial charge in [0.2, 0.25) is 5.69 Å². The maximum Gasteiger partial charge on any atom is 0.298 e. The fraction of sp³-hybridized carbons (Fsp3) is 0.273. The van der Waals surface area contributed by atoms with Crippen LogP contribution in [0.5, 0.6) is 5.95 Å². The van der Waals surface area contributed by atoms with Gasteiger partial charge in [-0.2, -0.15) is 0 Å². The monoisotopic (exact) mass is 360 g/mol. The molecule has 2 aromatic rings. The highest BCUT2D eigenvalue weighted by Gasteiger charge is 2.28. The van der Waals surface area contributed by atoms with Gasteiger partial charge >= 0.3 is 0 Å². The Labute approximate surface area is 114 Å². The zero-order chi connectivity index (χ0) is 12.6. The number of rotatable bonds is 2. The summed E-state index contributed by atoms with van der Waals surface area (Å²) in [5.74, 6) is -0.393. The molecule has 1 aromatic heterocycles. The van der Waals surface area contributed by atoms with Crippen LogP contribution in [0.3, 0.4) is 0 Å². The molecule has 0 radical (unpaired) electrons. The van der Waals surface area contributed by atoms with E-state index in [0.29, 0.717) is 3.70 Å². The van der Waals surface area contributed by atoms with Gasteiger partial charge in [0.15, 0.2) is 5.95 Å². The SMILES string of the molecule is C[Si](C)(C)c1ccccc1-[n+]1noc([O-])c1I. The maximum atomic E-state index is 11.3. The van der Waals surface area contributed by atoms with Gasteiger partial charge in [-0.15, -0.1) is 0 Å². The number of nitrogens with zero attached hydrogens (tertiary/aromatic N) is 2. The molecule has 90 valence electrons. The third kappa shape index (κ3) is 2.37. The van der Waals surface area contributed by atoms with Crippen LogP contribution >= 0.6 is 22.6 Å². The van der Waals surface area contributed by atoms with Crippen LogP contribution in [0.4, 0.5) is 0 Å². The Morgan fingerprint density at radius 2 is 1.94 bits per heavy atom. The van der Waals surface area contributed by atoms with Gasteiger partial charge in [0, 0.05) is 33.8 Å². The van der Waals surface area contributed by atoms with Gasteiger partial charge in [0.25, 0.3) is 3.70 Å². The van der Waals surface area contributed by atoms with Crippen LogP contribution in [0.25, 0.3) is 5.69 Å². The number of aromatic nitrogens is 2. The standard InChI is InChI=1S/C11H13IN2O2Si/c1-17(2,3)9-7-5-4-6-8(9)14-10(12)11(15)16-13-14/h4-7H,1-3H3. The fourth-order valence-electron chi connectivity index (χ4n) is 1.68. The second-order valence-electron chi connectivity index (χ2n) is 4.83. The minimum absolute atomic E-state index is 0.393. The number of hydrogen-bond acceptors (Lipinski definition) is 3. The van der Waals surface area contributed by atoms with Crippen LogP contribution in [0.15, 0.2) is 28.8 Å². The number of halogens is 1. The van der Waals surface area contributed by atoms with Crippen molar-refractivity contribution in [3.63, 3.8) is 0 Å². The predicted octanol–water partition coefficient (Wildman–Crippen LogP) is 1.17. The second kappa shape index (κ2) is 4.41. The molecule has 0 spiro atoms. The molecule has 4 nitrogen and oxygen atoms in total. The summed E-state index contributed by atoms with van der Waals surface area (Å²) in [5, 5.41) is 16.4. The highest BCUT2D eigenvalue weighted by Crippen LogP contribution is 2.13. The van der Waals surface area contributed by atoms with Crippen LogP contribution in [0.2, 0.25) is 19.6 Å². The number of benzene rings is 1. The van der Waals surface area contributed by atoms with Crippen molar-refractivity contribution in [3.05, 3.63) is 28.0 Å². The van der Waals surface area contributed by atoms with Crippen molar-refractivity contribution < 1.29 is 14.3 Å². The number of para-hydroxylation sites is 1. The lowest BCUT2D eigenvalue weighted by molar-refractivity contribution is -0.681. The van der Waals surface area contributed by atoms with Crippen LogP contribution in [-0.4, -0.2) is 13.3 Å². The van der Waals surface area contributed by atoms with Crippen LogP contribution in [-0.2, 0) is 0 Å². The first kappa shape index (κ1) is 12.6. The molecule has 0 amide bonds. The lowest BCUT2D eigenvalue weighted by Gasteiger charge is -2.16. The maximum absolute atomic E-state index is 11.3. The molecule has 17 heavy (non-hydrogen) atoms. The molecule has 0 unspecified atom stereocenters. The molecule has 0 atom stereocenters. The van der Waals surface area contributed by atoms with Crippen molar-refractivity contribution >= 4 is 35.9 Å². The van der Waals surface area contributed by atoms with E-state index in [-0.39, 0.29) is 0 Å². The molecular weight excluding hydrogens is 347 g/mol. The first-order valence-electron chi connectivity index (χ1n) is 5.25. The van der Waals surface area contributed by atoms with E-state index < -0.39 is 14.0 Å². The molecule has 2 rings (SSSR count). The molecule has 0 N–H and O–H groups in total. The Kier molecular flexibility index (Phi) is 3.26. The summed E-state index contributed by atoms with van der Waals surface area (Å²) >= 11 is 1.96. The van der Waals surface area contributed by atoms with Crippen molar-refractivity contribution in [2.75, 3.05) is 0 Å². The van der Waals surface area contributed by atoms with Crippen molar-refractivity contribution in [1.82, 2.24) is 5.27 Å². The molecule has 1 aromatic carbocycles. The first-order valence-corrected chi connectivity index (χ1v) is 9.83. The zero-order valence-electron chi connectivity index (χ0n) is 9.90. The molecule has 0 aliphatic heterocycles. The molecule has 0 aliphatic carbocycles. The van der Waals surface area contributed by atoms with Gasteiger partial charge < -0.3 is 9.63 Å². The first-order chi connectivity index (χ1) is 7.91. The predicted molar refractivity (Wildman–Crippen MR) is 73.2 cm³/mol. The van der Waals surface area contributed by atoms with Gasteiger partial charge in [0.1, 0.15) is 0 Å². The minimum atomic E-state index is -1.48. The fourth-order valence-corrected chi connectivity index (χ4v) is 3.68. The topological polar surface area (TPSA) is 53.0 Å². The van der Waals surface area contributed by atoms with Gasteiger partial charge in [-0.05, 0) is 4.68 Å². The molecule has 0 aliphatic rings.